The van der Waals surface area contributed by atoms with Gasteiger partial charge in [0.25, 0.3) is 0 Å². The van der Waals surface area contributed by atoms with Crippen LogP contribution in [0.5, 0.6) is 0 Å². The number of pyridine rings is 1. The number of benzene rings is 3. The maximum Gasteiger partial charge on any atom is 0.167 e. The van der Waals surface area contributed by atoms with Crippen LogP contribution in [0.4, 0.5) is 0 Å². The summed E-state index contributed by atoms with van der Waals surface area (Å²) in [6.45, 7) is 20.0. The van der Waals surface area contributed by atoms with Crippen LogP contribution in [0.15, 0.2) is 72.1 Å². The predicted molar refractivity (Wildman–Crippen MR) is 213 cm³/mol. The Balaban J connectivity index is 0.000000305. The zero-order valence-electron chi connectivity index (χ0n) is 34.9. The van der Waals surface area contributed by atoms with Gasteiger partial charge in [-0.25, -0.2) is 0 Å². The molecule has 0 bridgehead atoms. The molecule has 1 radical (unpaired) electrons. The van der Waals surface area contributed by atoms with Crippen molar-refractivity contribution in [1.29, 1.82) is 0 Å². The largest absolute Gasteiger partial charge is 0.511 e. The van der Waals surface area contributed by atoms with E-state index in [1.807, 2.05) is 33.9 Å². The molecule has 0 aliphatic carbocycles. The van der Waals surface area contributed by atoms with Crippen LogP contribution in [0.1, 0.15) is 124 Å². The van der Waals surface area contributed by atoms with Gasteiger partial charge >= 0.3 is 191 Å². The first-order chi connectivity index (χ1) is 24.3. The van der Waals surface area contributed by atoms with Crippen molar-refractivity contribution in [3.8, 4) is 11.3 Å². The first kappa shape index (κ1) is 37.2. The van der Waals surface area contributed by atoms with Crippen molar-refractivity contribution in [2.45, 2.75) is 121 Å². The van der Waals surface area contributed by atoms with Gasteiger partial charge in [-0.05, 0) is 32.5 Å². The maximum atomic E-state index is 12.8. The zero-order valence-corrected chi connectivity index (χ0v) is 36.0. The maximum absolute atomic E-state index is 12.8. The van der Waals surface area contributed by atoms with Crippen molar-refractivity contribution in [3.63, 3.8) is 0 Å². The summed E-state index contributed by atoms with van der Waals surface area (Å²) < 4.78 is 26.1. The summed E-state index contributed by atoms with van der Waals surface area (Å²) in [5.41, 5.74) is 3.36. The molecule has 5 aromatic rings. The number of Topliss-reactive ketones (excluding diaryl/α,β-unsaturated/α-hetero) is 1. The number of aliphatic hydroxyl groups is 1. The molecular weight excluding hydrogens is 858 g/mol. The van der Waals surface area contributed by atoms with Crippen molar-refractivity contribution in [2.75, 3.05) is 0 Å². The molecule has 0 saturated carbocycles. The summed E-state index contributed by atoms with van der Waals surface area (Å²) in [6, 6.07) is 23.7. The Morgan fingerprint density at radius 3 is 2.04 bits per heavy atom. The van der Waals surface area contributed by atoms with E-state index in [1.54, 1.807) is 18.1 Å². The molecule has 0 saturated heterocycles. The summed E-state index contributed by atoms with van der Waals surface area (Å²) in [6.07, 6.45) is 5.37. The number of aromatic nitrogens is 1. The molecule has 0 fully saturated rings. The minimum atomic E-state index is -2.60. The summed E-state index contributed by atoms with van der Waals surface area (Å²) in [4.78, 5) is 17.7. The SMILES string of the molecule is CC(C)Cc1cccc2c1[se]c1c(-c3[c-]c4ccccc4c(C(C)(C)C)c3)nccc12.[2H]C([2H])([2H])/C(C(=O)C(C)(CC)CC)=C(/O)C(C)(CC)CC.[Ir]. The molecule has 271 valence electrons. The summed E-state index contributed by atoms with van der Waals surface area (Å²) in [5, 5.41) is 15.8. The molecule has 0 aliphatic rings. The third kappa shape index (κ3) is 8.56. The monoisotopic (exact) mass is 920 g/mol. The molecule has 0 spiro atoms. The number of fused-ring (bicyclic) bond motifs is 4. The molecule has 1 N–H and O–H groups in total. The second-order valence-electron chi connectivity index (χ2n) is 15.5. The Morgan fingerprint density at radius 2 is 1.46 bits per heavy atom. The van der Waals surface area contributed by atoms with Crippen molar-refractivity contribution in [3.05, 3.63) is 89.3 Å². The number of hydrogen-bond acceptors (Lipinski definition) is 3. The number of rotatable bonds is 10. The Kier molecular flexibility index (Phi) is 12.5. The van der Waals surface area contributed by atoms with Crippen LogP contribution in [0, 0.1) is 22.8 Å². The van der Waals surface area contributed by atoms with Crippen LogP contribution in [-0.2, 0) is 36.7 Å². The summed E-state index contributed by atoms with van der Waals surface area (Å²) in [5.74, 6) is -0.0458. The second kappa shape index (κ2) is 16.9. The molecule has 5 rings (SSSR count). The average Bonchev–Trinajstić information content (AvgIpc) is 3.49. The topological polar surface area (TPSA) is 50.2 Å². The number of ketones is 1. The molecule has 3 aromatic carbocycles. The average molecular weight is 919 g/mol. The summed E-state index contributed by atoms with van der Waals surface area (Å²) >= 11 is 0.265. The number of allylic oxidation sites excluding steroid dienone is 2. The molecule has 2 aromatic heterocycles. The van der Waals surface area contributed by atoms with Crippen LogP contribution in [0.2, 0.25) is 0 Å². The van der Waals surface area contributed by atoms with E-state index in [2.05, 4.69) is 95.3 Å². The minimum absolute atomic E-state index is 0. The fraction of sp³-hybridized carbons (Fsp3) is 0.467. The number of nitrogens with zero attached hydrogens (tertiary/aromatic N) is 1. The van der Waals surface area contributed by atoms with Gasteiger partial charge in [0.05, 0.1) is 0 Å². The Hall–Kier alpha value is -2.55. The van der Waals surface area contributed by atoms with Crippen molar-refractivity contribution < 1.29 is 34.1 Å². The second-order valence-corrected chi connectivity index (χ2v) is 17.7. The van der Waals surface area contributed by atoms with Crippen LogP contribution in [-0.4, -0.2) is 30.4 Å². The van der Waals surface area contributed by atoms with E-state index in [0.717, 1.165) is 17.7 Å². The molecule has 5 heteroatoms. The molecule has 50 heavy (non-hydrogen) atoms. The van der Waals surface area contributed by atoms with E-state index in [0.29, 0.717) is 31.6 Å². The fourth-order valence-electron chi connectivity index (χ4n) is 6.42. The van der Waals surface area contributed by atoms with E-state index in [1.165, 1.54) is 36.9 Å². The third-order valence-corrected chi connectivity index (χ3v) is 13.4. The van der Waals surface area contributed by atoms with E-state index in [4.69, 9.17) is 9.10 Å². The van der Waals surface area contributed by atoms with Crippen molar-refractivity contribution >= 4 is 50.4 Å². The van der Waals surface area contributed by atoms with Crippen molar-refractivity contribution in [2.24, 2.45) is 16.7 Å². The molecule has 0 aliphatic heterocycles. The minimum Gasteiger partial charge on any atom is -0.511 e. The molecular formula is C45H58IrNO2Se-. The number of aliphatic hydroxyl groups excluding tert-OH is 1. The quantitative estimate of drug-likeness (QED) is 0.0657. The Morgan fingerprint density at radius 1 is 0.860 bits per heavy atom. The first-order valence-corrected chi connectivity index (χ1v) is 19.7. The normalized spacial score (nSPS) is 14.0. The van der Waals surface area contributed by atoms with Gasteiger partial charge in [-0.1, -0.05) is 41.5 Å². The van der Waals surface area contributed by atoms with Crippen LogP contribution in [0.25, 0.3) is 41.3 Å². The van der Waals surface area contributed by atoms with Gasteiger partial charge in [-0.15, -0.1) is 0 Å². The zero-order chi connectivity index (χ0) is 38.8. The molecule has 3 nitrogen and oxygen atoms in total. The van der Waals surface area contributed by atoms with E-state index >= 15 is 0 Å². The Bertz CT molecular complexity index is 2080. The molecule has 0 amide bonds. The van der Waals surface area contributed by atoms with Gasteiger partial charge in [-0.3, -0.25) is 4.79 Å². The Labute approximate surface area is 325 Å². The smallest absolute Gasteiger partial charge is 0.167 e. The molecule has 0 unspecified atom stereocenters. The summed E-state index contributed by atoms with van der Waals surface area (Å²) in [7, 11) is 0. The number of carbonyl (C=O) groups excluding carboxylic acids is 1. The third-order valence-electron chi connectivity index (χ3n) is 10.7. The van der Waals surface area contributed by atoms with Crippen LogP contribution in [0.3, 0.4) is 0 Å². The number of hydrogen-bond donors (Lipinski definition) is 1. The van der Waals surface area contributed by atoms with Gasteiger partial charge in [0.15, 0.2) is 5.78 Å². The van der Waals surface area contributed by atoms with Crippen LogP contribution < -0.4 is 0 Å². The standard InChI is InChI=1S/C29H28NSe.C16H30O2.Ir/c1-18(2)15-20-10-8-12-23-24-13-14-30-26(28(24)31-27(20)23)21-16-19-9-6-7-11-22(19)25(17-21)29(3,4)5;1-8-15(6,9-2)13(17)12(5)14(18)16(7,10-3)11-4;/h6-14,17-18H,15H2,1-5H3;17H,8-11H2,1-7H3;/q-1;;/b;13-12-;/i;5D3;. The van der Waals surface area contributed by atoms with E-state index < -0.39 is 23.5 Å². The molecule has 0 atom stereocenters. The van der Waals surface area contributed by atoms with Crippen molar-refractivity contribution in [1.82, 2.24) is 4.98 Å². The fourth-order valence-corrected chi connectivity index (χ4v) is 9.19. The van der Waals surface area contributed by atoms with Crippen LogP contribution >= 0.6 is 0 Å². The van der Waals surface area contributed by atoms with Gasteiger partial charge in [0.2, 0.25) is 0 Å². The van der Waals surface area contributed by atoms with E-state index in [9.17, 15) is 9.90 Å². The van der Waals surface area contributed by atoms with Gasteiger partial charge < -0.3 is 5.11 Å². The van der Waals surface area contributed by atoms with Gasteiger partial charge in [0, 0.05) is 40.6 Å². The predicted octanol–water partition coefficient (Wildman–Crippen LogP) is 12.6. The number of carbonyl (C=O) groups is 1. The van der Waals surface area contributed by atoms with Gasteiger partial charge in [-0.2, -0.15) is 0 Å². The first-order valence-electron chi connectivity index (χ1n) is 19.5. The van der Waals surface area contributed by atoms with E-state index in [-0.39, 0.29) is 51.4 Å². The van der Waals surface area contributed by atoms with Gasteiger partial charge in [0.1, 0.15) is 5.76 Å². The molecule has 2 heterocycles.